The van der Waals surface area contributed by atoms with E-state index in [0.29, 0.717) is 5.69 Å². The van der Waals surface area contributed by atoms with Crippen molar-refractivity contribution in [3.8, 4) is 0 Å². The van der Waals surface area contributed by atoms with Crippen molar-refractivity contribution in [3.05, 3.63) is 18.2 Å². The lowest BCUT2D eigenvalue weighted by molar-refractivity contribution is 0.00841. The fourth-order valence-electron chi connectivity index (χ4n) is 3.94. The van der Waals surface area contributed by atoms with Crippen LogP contribution in [0.25, 0.3) is 0 Å². The molecule has 1 aliphatic carbocycles. The zero-order valence-electron chi connectivity index (χ0n) is 13.6. The van der Waals surface area contributed by atoms with Crippen LogP contribution in [0.3, 0.4) is 0 Å². The lowest BCUT2D eigenvalue weighted by Gasteiger charge is -2.41. The van der Waals surface area contributed by atoms with Gasteiger partial charge in [0.2, 0.25) is 0 Å². The van der Waals surface area contributed by atoms with Gasteiger partial charge < -0.3 is 5.11 Å². The van der Waals surface area contributed by atoms with E-state index in [1.54, 1.807) is 0 Å². The van der Waals surface area contributed by atoms with Crippen molar-refractivity contribution < 1.29 is 13.5 Å². The van der Waals surface area contributed by atoms with Crippen molar-refractivity contribution in [1.82, 2.24) is 14.9 Å². The van der Waals surface area contributed by atoms with Gasteiger partial charge in [-0.3, -0.25) is 4.90 Å². The number of nitrogens with zero attached hydrogens (tertiary/aromatic N) is 3. The molecule has 2 aliphatic rings. The van der Waals surface area contributed by atoms with Gasteiger partial charge in [0.05, 0.1) is 11.8 Å². The largest absolute Gasteiger partial charge is 0.391 e. The lowest BCUT2D eigenvalue weighted by Crippen LogP contribution is -2.48. The van der Waals surface area contributed by atoms with Crippen molar-refractivity contribution >= 4 is 9.84 Å². The minimum atomic E-state index is -3.30. The van der Waals surface area contributed by atoms with Crippen LogP contribution in [-0.2, 0) is 9.84 Å². The summed E-state index contributed by atoms with van der Waals surface area (Å²) in [4.78, 5) is 10.8. The summed E-state index contributed by atoms with van der Waals surface area (Å²) in [6.07, 6.45) is 9.86. The van der Waals surface area contributed by atoms with E-state index in [0.717, 1.165) is 45.2 Å². The molecule has 2 atom stereocenters. The number of aromatic nitrogens is 2. The summed E-state index contributed by atoms with van der Waals surface area (Å²) in [5.41, 5.74) is 0.659. The third-order valence-electron chi connectivity index (χ3n) is 5.19. The zero-order chi connectivity index (χ0) is 16.4. The van der Waals surface area contributed by atoms with Gasteiger partial charge in [0.15, 0.2) is 9.84 Å². The molecule has 3 rings (SSSR count). The number of aliphatic hydroxyl groups excluding tert-OH is 1. The van der Waals surface area contributed by atoms with Gasteiger partial charge in [-0.15, -0.1) is 0 Å². The van der Waals surface area contributed by atoms with E-state index in [-0.39, 0.29) is 23.0 Å². The third-order valence-corrected chi connectivity index (χ3v) is 6.30. The Kier molecular flexibility index (Phi) is 4.98. The highest BCUT2D eigenvalue weighted by molar-refractivity contribution is 7.90. The molecule has 1 aromatic rings. The zero-order valence-corrected chi connectivity index (χ0v) is 14.4. The summed E-state index contributed by atoms with van der Waals surface area (Å²) in [5.74, 6) is 0.153. The van der Waals surface area contributed by atoms with Crippen LogP contribution in [0.1, 0.15) is 50.1 Å². The maximum Gasteiger partial charge on any atom is 0.178 e. The standard InChI is InChI=1S/C16H25N3O3S/c1-23(21,22)15-10-17-11-18-16(15)12-6-8-19(9-7-12)13-4-2-3-5-14(13)20/h10-14,20H,2-9H2,1H3/t13-,14+/m0/s1. The Morgan fingerprint density at radius 1 is 1.17 bits per heavy atom. The molecule has 2 fully saturated rings. The third kappa shape index (κ3) is 3.72. The first-order valence-electron chi connectivity index (χ1n) is 8.39. The Morgan fingerprint density at radius 2 is 1.87 bits per heavy atom. The minimum Gasteiger partial charge on any atom is -0.391 e. The van der Waals surface area contributed by atoms with Gasteiger partial charge in [-0.25, -0.2) is 18.4 Å². The molecule has 0 amide bonds. The second-order valence-electron chi connectivity index (χ2n) is 6.77. The highest BCUT2D eigenvalue weighted by Crippen LogP contribution is 2.33. The molecule has 23 heavy (non-hydrogen) atoms. The Balaban J connectivity index is 1.70. The van der Waals surface area contributed by atoms with E-state index in [1.165, 1.54) is 25.2 Å². The van der Waals surface area contributed by atoms with Gasteiger partial charge in [-0.1, -0.05) is 12.8 Å². The maximum atomic E-state index is 11.9. The van der Waals surface area contributed by atoms with Crippen molar-refractivity contribution in [1.29, 1.82) is 0 Å². The Hall–Kier alpha value is -1.05. The Morgan fingerprint density at radius 3 is 2.52 bits per heavy atom. The molecular weight excluding hydrogens is 314 g/mol. The molecule has 0 spiro atoms. The Bertz CT molecular complexity index is 642. The monoisotopic (exact) mass is 339 g/mol. The van der Waals surface area contributed by atoms with Gasteiger partial charge in [0.25, 0.3) is 0 Å². The van der Waals surface area contributed by atoms with E-state index < -0.39 is 9.84 Å². The highest BCUT2D eigenvalue weighted by Gasteiger charge is 2.33. The summed E-state index contributed by atoms with van der Waals surface area (Å²) >= 11 is 0. The highest BCUT2D eigenvalue weighted by atomic mass is 32.2. The molecule has 1 saturated carbocycles. The first-order chi connectivity index (χ1) is 11.0. The summed E-state index contributed by atoms with van der Waals surface area (Å²) in [6, 6.07) is 0.268. The lowest BCUT2D eigenvalue weighted by atomic mass is 9.87. The second kappa shape index (κ2) is 6.83. The number of sulfone groups is 1. The Labute approximate surface area is 137 Å². The van der Waals surface area contributed by atoms with E-state index in [2.05, 4.69) is 14.9 Å². The molecule has 0 radical (unpaired) electrons. The number of piperidine rings is 1. The average molecular weight is 339 g/mol. The normalized spacial score (nSPS) is 27.9. The fourth-order valence-corrected chi connectivity index (χ4v) is 4.79. The molecule has 2 heterocycles. The topological polar surface area (TPSA) is 83.4 Å². The van der Waals surface area contributed by atoms with Crippen molar-refractivity contribution in [2.75, 3.05) is 19.3 Å². The number of aliphatic hydroxyl groups is 1. The number of hydrogen-bond acceptors (Lipinski definition) is 6. The molecule has 0 unspecified atom stereocenters. The van der Waals surface area contributed by atoms with Crippen LogP contribution in [0, 0.1) is 0 Å². The number of rotatable bonds is 3. The predicted octanol–water partition coefficient (Wildman–Crippen LogP) is 1.36. The summed E-state index contributed by atoms with van der Waals surface area (Å²) in [6.45, 7) is 1.78. The molecule has 128 valence electrons. The van der Waals surface area contributed by atoms with Crippen LogP contribution in [0.4, 0.5) is 0 Å². The van der Waals surface area contributed by atoms with Crippen LogP contribution in [-0.4, -0.2) is 59.9 Å². The van der Waals surface area contributed by atoms with Gasteiger partial charge in [-0.05, 0) is 38.8 Å². The van der Waals surface area contributed by atoms with Crippen LogP contribution in [0.5, 0.6) is 0 Å². The van der Waals surface area contributed by atoms with Crippen molar-refractivity contribution in [2.45, 2.75) is 61.5 Å². The molecule has 1 aromatic heterocycles. The van der Waals surface area contributed by atoms with E-state index in [9.17, 15) is 13.5 Å². The molecule has 1 N–H and O–H groups in total. The van der Waals surface area contributed by atoms with E-state index in [4.69, 9.17) is 0 Å². The molecule has 1 saturated heterocycles. The van der Waals surface area contributed by atoms with Gasteiger partial charge in [-0.2, -0.15) is 0 Å². The number of hydrogen-bond donors (Lipinski definition) is 1. The molecular formula is C16H25N3O3S. The van der Waals surface area contributed by atoms with Gasteiger partial charge >= 0.3 is 0 Å². The minimum absolute atomic E-state index is 0.153. The first-order valence-corrected chi connectivity index (χ1v) is 10.3. The molecule has 0 bridgehead atoms. The van der Waals surface area contributed by atoms with Crippen LogP contribution in [0.15, 0.2) is 17.4 Å². The summed E-state index contributed by atoms with van der Waals surface area (Å²) in [7, 11) is -3.30. The smallest absolute Gasteiger partial charge is 0.178 e. The molecule has 7 heteroatoms. The van der Waals surface area contributed by atoms with Gasteiger partial charge in [0.1, 0.15) is 11.2 Å². The quantitative estimate of drug-likeness (QED) is 0.895. The molecule has 0 aromatic carbocycles. The summed E-state index contributed by atoms with van der Waals surface area (Å²) < 4.78 is 23.9. The van der Waals surface area contributed by atoms with Crippen molar-refractivity contribution in [2.24, 2.45) is 0 Å². The van der Waals surface area contributed by atoms with Crippen LogP contribution in [0.2, 0.25) is 0 Å². The van der Waals surface area contributed by atoms with Crippen molar-refractivity contribution in [3.63, 3.8) is 0 Å². The number of likely N-dealkylation sites (tertiary alicyclic amines) is 1. The maximum absolute atomic E-state index is 11.9. The van der Waals surface area contributed by atoms with E-state index >= 15 is 0 Å². The summed E-state index contributed by atoms with van der Waals surface area (Å²) in [5, 5.41) is 10.2. The van der Waals surface area contributed by atoms with Gasteiger partial charge in [0, 0.05) is 24.4 Å². The van der Waals surface area contributed by atoms with Crippen LogP contribution >= 0.6 is 0 Å². The first kappa shape index (κ1) is 16.8. The second-order valence-corrected chi connectivity index (χ2v) is 8.76. The average Bonchev–Trinajstić information content (AvgIpc) is 2.55. The fraction of sp³-hybridized carbons (Fsp3) is 0.750. The predicted molar refractivity (Wildman–Crippen MR) is 87.0 cm³/mol. The molecule has 1 aliphatic heterocycles. The SMILES string of the molecule is CS(=O)(=O)c1cncnc1C1CCN([C@H]2CCCC[C@H]2O)CC1. The van der Waals surface area contributed by atoms with E-state index in [1.807, 2.05) is 0 Å². The molecule has 6 nitrogen and oxygen atoms in total. The van der Waals surface area contributed by atoms with Crippen LogP contribution < -0.4 is 0 Å².